The summed E-state index contributed by atoms with van der Waals surface area (Å²) in [4.78, 5) is 0. The molecule has 0 spiro atoms. The van der Waals surface area contributed by atoms with Crippen LogP contribution in [0.2, 0.25) is 0 Å². The van der Waals surface area contributed by atoms with E-state index in [0.29, 0.717) is 0 Å². The predicted molar refractivity (Wildman–Crippen MR) is 94.2 cm³/mol. The summed E-state index contributed by atoms with van der Waals surface area (Å²) in [6.45, 7) is 1.46. The Bertz CT molecular complexity index is 227. The summed E-state index contributed by atoms with van der Waals surface area (Å²) in [7, 11) is 0. The van der Waals surface area contributed by atoms with E-state index >= 15 is 0 Å². The maximum absolute atomic E-state index is 9.13. The summed E-state index contributed by atoms with van der Waals surface area (Å²) in [5.41, 5.74) is 0. The lowest BCUT2D eigenvalue weighted by Gasteiger charge is -2.08. The van der Waals surface area contributed by atoms with Crippen LogP contribution in [0, 0.1) is 0 Å². The van der Waals surface area contributed by atoms with Gasteiger partial charge < -0.3 is 14.9 Å². The van der Waals surface area contributed by atoms with Gasteiger partial charge in [0.25, 0.3) is 0 Å². The summed E-state index contributed by atoms with van der Waals surface area (Å²) >= 11 is 0. The molecule has 134 valence electrons. The first kappa shape index (κ1) is 19.9. The summed E-state index contributed by atoms with van der Waals surface area (Å²) < 4.78 is 12.8. The van der Waals surface area contributed by atoms with Crippen molar-refractivity contribution in [2.45, 2.75) is 103 Å². The molecule has 22 heavy (non-hydrogen) atoms. The Morgan fingerprint density at radius 2 is 1.18 bits per heavy atom. The fraction of sp³-hybridized carbons (Fsp3) is 1.00. The molecular formula is C19H40O3. The Labute approximate surface area is 139 Å². The van der Waals surface area contributed by atoms with Crippen molar-refractivity contribution in [2.75, 3.05) is 19.8 Å². The molecule has 0 heterocycles. The van der Waals surface area contributed by atoms with E-state index in [2.05, 4.69) is 6.92 Å². The fourth-order valence-electron chi connectivity index (χ4n) is 2.56. The Hall–Kier alpha value is -0.120. The molecule has 0 aliphatic heterocycles. The van der Waals surface area contributed by atoms with Crippen LogP contribution in [-0.2, 0) is 4.74 Å². The highest BCUT2D eigenvalue weighted by Crippen LogP contribution is 2.12. The average Bonchev–Trinajstić information content (AvgIpc) is 2.56. The van der Waals surface area contributed by atoms with Crippen molar-refractivity contribution in [2.24, 2.45) is 0 Å². The first-order valence-electron chi connectivity index (χ1n) is 10.1. The van der Waals surface area contributed by atoms with E-state index in [1.54, 1.807) is 0 Å². The van der Waals surface area contributed by atoms with Gasteiger partial charge in [-0.1, -0.05) is 90.4 Å². The van der Waals surface area contributed by atoms with Crippen LogP contribution in [-0.4, -0.2) is 36.1 Å². The van der Waals surface area contributed by atoms with Gasteiger partial charge in [-0.2, -0.15) is 0 Å². The van der Waals surface area contributed by atoms with Gasteiger partial charge >= 0.3 is 0 Å². The highest BCUT2D eigenvalue weighted by Gasteiger charge is 2.00. The van der Waals surface area contributed by atoms with Gasteiger partial charge in [-0.3, -0.25) is 0 Å². The second kappa shape index (κ2) is 18.9. The lowest BCUT2D eigenvalue weighted by Crippen LogP contribution is -2.19. The van der Waals surface area contributed by atoms with Crippen LogP contribution in [0.1, 0.15) is 98.2 Å². The van der Waals surface area contributed by atoms with Crippen LogP contribution in [0.5, 0.6) is 0 Å². The molecule has 0 aliphatic rings. The van der Waals surface area contributed by atoms with Gasteiger partial charge in [-0.05, 0) is 6.42 Å². The largest absolute Gasteiger partial charge is 0.394 e. The lowest BCUT2D eigenvalue weighted by molar-refractivity contribution is 0.00526. The minimum absolute atomic E-state index is 0.0586. The molecule has 0 aromatic heterocycles. The highest BCUT2D eigenvalue weighted by atomic mass is 16.5. The van der Waals surface area contributed by atoms with E-state index in [1.165, 1.54) is 70.6 Å². The third-order valence-corrected chi connectivity index (χ3v) is 4.04. The molecule has 2 atom stereocenters. The minimum atomic E-state index is -0.852. The van der Waals surface area contributed by atoms with Crippen molar-refractivity contribution in [3.63, 3.8) is 0 Å². The summed E-state index contributed by atoms with van der Waals surface area (Å²) in [6, 6.07) is 0. The molecule has 0 rings (SSSR count). The molecule has 0 saturated carbocycles. The number of aliphatic hydroxyl groups is 2. The van der Waals surface area contributed by atoms with Gasteiger partial charge in [0.05, 0.1) is 14.6 Å². The number of hydrogen-bond acceptors (Lipinski definition) is 3. The summed E-state index contributed by atoms with van der Waals surface area (Å²) in [5.74, 6) is 0. The molecule has 3 heteroatoms. The number of rotatable bonds is 18. The van der Waals surface area contributed by atoms with E-state index in [9.17, 15) is 0 Å². The Kier molecular flexibility index (Phi) is 17.1. The van der Waals surface area contributed by atoms with E-state index in [4.69, 9.17) is 16.3 Å². The normalized spacial score (nSPS) is 14.8. The standard InChI is InChI=1S/C19H40O3/c1-2-3-4-5-6-7-8-9-10-11-12-13-14-15-16-22-18-19(21)17-20/h19-21H,2-18H2,1H3/i16D/t16-,19?/m1/s1. The van der Waals surface area contributed by atoms with Crippen molar-refractivity contribution in [1.82, 2.24) is 0 Å². The zero-order chi connectivity index (χ0) is 17.2. The second-order valence-corrected chi connectivity index (χ2v) is 6.37. The van der Waals surface area contributed by atoms with Crippen molar-refractivity contribution in [1.29, 1.82) is 0 Å². The Morgan fingerprint density at radius 1 is 0.773 bits per heavy atom. The monoisotopic (exact) mass is 317 g/mol. The van der Waals surface area contributed by atoms with Crippen LogP contribution in [0.4, 0.5) is 0 Å². The van der Waals surface area contributed by atoms with Crippen molar-refractivity contribution in [3.05, 3.63) is 0 Å². The molecule has 0 radical (unpaired) electrons. The number of ether oxygens (including phenoxy) is 1. The predicted octanol–water partition coefficient (Wildman–Crippen LogP) is 4.84. The van der Waals surface area contributed by atoms with E-state index in [-0.39, 0.29) is 13.2 Å². The van der Waals surface area contributed by atoms with Gasteiger partial charge in [0.15, 0.2) is 0 Å². The van der Waals surface area contributed by atoms with Crippen molar-refractivity contribution in [3.8, 4) is 0 Å². The number of hydrogen-bond donors (Lipinski definition) is 2. The molecular weight excluding hydrogens is 276 g/mol. The van der Waals surface area contributed by atoms with Gasteiger partial charge in [0, 0.05) is 6.58 Å². The van der Waals surface area contributed by atoms with Crippen LogP contribution >= 0.6 is 0 Å². The maximum atomic E-state index is 9.13. The van der Waals surface area contributed by atoms with Gasteiger partial charge in [0.1, 0.15) is 6.10 Å². The average molecular weight is 318 g/mol. The maximum Gasteiger partial charge on any atom is 0.100 e. The summed E-state index contributed by atoms with van der Waals surface area (Å²) in [6.07, 6.45) is 17.1. The molecule has 0 amide bonds. The van der Waals surface area contributed by atoms with Crippen molar-refractivity contribution >= 4 is 0 Å². The first-order chi connectivity index (χ1) is 11.2. The molecule has 2 N–H and O–H groups in total. The van der Waals surface area contributed by atoms with Gasteiger partial charge in [-0.25, -0.2) is 0 Å². The topological polar surface area (TPSA) is 49.7 Å². The molecule has 0 fully saturated rings. The van der Waals surface area contributed by atoms with Crippen molar-refractivity contribution < 1.29 is 16.3 Å². The van der Waals surface area contributed by atoms with Crippen LogP contribution in [0.3, 0.4) is 0 Å². The molecule has 3 nitrogen and oxygen atoms in total. The minimum Gasteiger partial charge on any atom is -0.394 e. The molecule has 0 aromatic rings. The van der Waals surface area contributed by atoms with Crippen LogP contribution in [0.25, 0.3) is 0 Å². The first-order valence-corrected chi connectivity index (χ1v) is 9.53. The van der Waals surface area contributed by atoms with E-state index < -0.39 is 12.7 Å². The molecule has 0 bridgehead atoms. The molecule has 0 saturated heterocycles. The number of aliphatic hydroxyl groups excluding tert-OH is 2. The smallest absolute Gasteiger partial charge is 0.100 e. The van der Waals surface area contributed by atoms with E-state index in [1.807, 2.05) is 0 Å². The van der Waals surface area contributed by atoms with E-state index in [0.717, 1.165) is 19.3 Å². The Balaban J connectivity index is 3.12. The third-order valence-electron chi connectivity index (χ3n) is 4.04. The quantitative estimate of drug-likeness (QED) is 0.356. The third kappa shape index (κ3) is 17.9. The van der Waals surface area contributed by atoms with Gasteiger partial charge in [-0.15, -0.1) is 0 Å². The zero-order valence-electron chi connectivity index (χ0n) is 15.8. The zero-order valence-corrected chi connectivity index (χ0v) is 14.8. The molecule has 0 aromatic carbocycles. The Morgan fingerprint density at radius 3 is 1.59 bits per heavy atom. The van der Waals surface area contributed by atoms with Crippen LogP contribution < -0.4 is 0 Å². The van der Waals surface area contributed by atoms with Gasteiger partial charge in [0.2, 0.25) is 0 Å². The number of unbranched alkanes of at least 4 members (excludes halogenated alkanes) is 12. The summed E-state index contributed by atoms with van der Waals surface area (Å²) in [5, 5.41) is 17.8. The molecule has 1 unspecified atom stereocenters. The van der Waals surface area contributed by atoms with Crippen LogP contribution in [0.15, 0.2) is 0 Å². The fourth-order valence-corrected chi connectivity index (χ4v) is 2.56. The SMILES string of the molecule is [2H][C@H](CCCCCCCCCCCCCCC)OCC(O)CO. The lowest BCUT2D eigenvalue weighted by atomic mass is 10.0. The highest BCUT2D eigenvalue weighted by molar-refractivity contribution is 4.51. The second-order valence-electron chi connectivity index (χ2n) is 6.37. The molecule has 0 aliphatic carbocycles.